The normalized spacial score (nSPS) is 18.5. The first-order chi connectivity index (χ1) is 10.0. The van der Waals surface area contributed by atoms with Crippen molar-refractivity contribution in [3.8, 4) is 5.75 Å². The third kappa shape index (κ3) is 4.03. The van der Waals surface area contributed by atoms with Crippen LogP contribution in [0.15, 0.2) is 18.2 Å². The van der Waals surface area contributed by atoms with Crippen molar-refractivity contribution in [1.29, 1.82) is 0 Å². The number of aryl methyl sites for hydroxylation is 1. The Hall–Kier alpha value is -1.43. The standard InChI is InChI=1S/C16H25N3O2/c1-12-11-14(5-6-15(12)21-4)16(20)13(2)17-19-9-7-18(3)8-10-19/h5-6,11,13,17H,7-10H2,1-4H3. The number of rotatable bonds is 5. The maximum Gasteiger partial charge on any atom is 0.180 e. The van der Waals surface area contributed by atoms with Crippen LogP contribution in [0.2, 0.25) is 0 Å². The van der Waals surface area contributed by atoms with E-state index < -0.39 is 0 Å². The molecule has 1 heterocycles. The summed E-state index contributed by atoms with van der Waals surface area (Å²) in [6, 6.07) is 5.35. The van der Waals surface area contributed by atoms with Crippen LogP contribution in [0.4, 0.5) is 0 Å². The summed E-state index contributed by atoms with van der Waals surface area (Å²) in [4.78, 5) is 14.8. The number of carbonyl (C=O) groups is 1. The maximum absolute atomic E-state index is 12.5. The first kappa shape index (κ1) is 15.9. The summed E-state index contributed by atoms with van der Waals surface area (Å²) in [7, 11) is 3.76. The largest absolute Gasteiger partial charge is 0.496 e. The van der Waals surface area contributed by atoms with Gasteiger partial charge in [-0.2, -0.15) is 0 Å². The second kappa shape index (κ2) is 7.02. The van der Waals surface area contributed by atoms with Crippen molar-refractivity contribution in [3.63, 3.8) is 0 Å². The highest BCUT2D eigenvalue weighted by atomic mass is 16.5. The van der Waals surface area contributed by atoms with Crippen molar-refractivity contribution in [2.24, 2.45) is 0 Å². The number of hydrogen-bond acceptors (Lipinski definition) is 5. The number of ketones is 1. The van der Waals surface area contributed by atoms with E-state index in [9.17, 15) is 4.79 Å². The molecule has 0 aliphatic carbocycles. The average Bonchev–Trinajstić information content (AvgIpc) is 2.48. The van der Waals surface area contributed by atoms with Crippen LogP contribution in [0, 0.1) is 6.92 Å². The van der Waals surface area contributed by atoms with Crippen LogP contribution in [-0.2, 0) is 0 Å². The van der Waals surface area contributed by atoms with E-state index in [1.807, 2.05) is 32.0 Å². The number of ether oxygens (including phenoxy) is 1. The second-order valence-electron chi connectivity index (χ2n) is 5.69. The number of hydrazine groups is 1. The number of piperazine rings is 1. The van der Waals surface area contributed by atoms with Crippen LogP contribution in [0.25, 0.3) is 0 Å². The zero-order valence-corrected chi connectivity index (χ0v) is 13.3. The molecule has 1 unspecified atom stereocenters. The molecule has 0 radical (unpaired) electrons. The van der Waals surface area contributed by atoms with Crippen LogP contribution in [0.5, 0.6) is 5.75 Å². The summed E-state index contributed by atoms with van der Waals surface area (Å²) >= 11 is 0. The zero-order valence-electron chi connectivity index (χ0n) is 13.3. The van der Waals surface area contributed by atoms with Gasteiger partial charge in [0.25, 0.3) is 0 Å². The Morgan fingerprint density at radius 1 is 1.29 bits per heavy atom. The van der Waals surface area contributed by atoms with Gasteiger partial charge in [-0.15, -0.1) is 0 Å². The molecule has 1 atom stereocenters. The third-order valence-electron chi connectivity index (χ3n) is 3.95. The molecule has 5 nitrogen and oxygen atoms in total. The molecule has 21 heavy (non-hydrogen) atoms. The predicted octanol–water partition coefficient (Wildman–Crippen LogP) is 1.33. The quantitative estimate of drug-likeness (QED) is 0.829. The van der Waals surface area contributed by atoms with E-state index in [1.165, 1.54) is 0 Å². The van der Waals surface area contributed by atoms with Gasteiger partial charge in [0.1, 0.15) is 5.75 Å². The Morgan fingerprint density at radius 2 is 1.95 bits per heavy atom. The Kier molecular flexibility index (Phi) is 5.33. The van der Waals surface area contributed by atoms with Gasteiger partial charge in [0.15, 0.2) is 5.78 Å². The molecule has 1 aliphatic heterocycles. The van der Waals surface area contributed by atoms with Crippen LogP contribution in [0.3, 0.4) is 0 Å². The molecule has 0 saturated carbocycles. The molecular formula is C16H25N3O2. The highest BCUT2D eigenvalue weighted by Crippen LogP contribution is 2.19. The molecule has 2 rings (SSSR count). The Balaban J connectivity index is 1.97. The summed E-state index contributed by atoms with van der Waals surface area (Å²) in [6.07, 6.45) is 0. The van der Waals surface area contributed by atoms with Crippen LogP contribution < -0.4 is 10.2 Å². The van der Waals surface area contributed by atoms with Crippen molar-refractivity contribution in [1.82, 2.24) is 15.3 Å². The molecule has 1 aliphatic rings. The van der Waals surface area contributed by atoms with Crippen molar-refractivity contribution in [3.05, 3.63) is 29.3 Å². The number of methoxy groups -OCH3 is 1. The van der Waals surface area contributed by atoms with Gasteiger partial charge in [0.2, 0.25) is 0 Å². The van der Waals surface area contributed by atoms with E-state index in [0.717, 1.165) is 43.1 Å². The van der Waals surface area contributed by atoms with E-state index in [-0.39, 0.29) is 11.8 Å². The summed E-state index contributed by atoms with van der Waals surface area (Å²) in [5.41, 5.74) is 5.02. The fraction of sp³-hybridized carbons (Fsp3) is 0.562. The highest BCUT2D eigenvalue weighted by molar-refractivity contribution is 6.00. The lowest BCUT2D eigenvalue weighted by atomic mass is 10.0. The Bertz CT molecular complexity index is 496. The summed E-state index contributed by atoms with van der Waals surface area (Å²) in [6.45, 7) is 7.80. The molecule has 0 bridgehead atoms. The van der Waals surface area contributed by atoms with Gasteiger partial charge in [0, 0.05) is 31.7 Å². The number of nitrogens with zero attached hydrogens (tertiary/aromatic N) is 2. The molecule has 5 heteroatoms. The van der Waals surface area contributed by atoms with E-state index >= 15 is 0 Å². The van der Waals surface area contributed by atoms with Gasteiger partial charge >= 0.3 is 0 Å². The maximum atomic E-state index is 12.5. The SMILES string of the molecule is COc1ccc(C(=O)C(C)NN2CCN(C)CC2)cc1C. The fourth-order valence-electron chi connectivity index (χ4n) is 2.55. The Labute approximate surface area is 126 Å². The van der Waals surface area contributed by atoms with Crippen molar-refractivity contribution >= 4 is 5.78 Å². The fourth-order valence-corrected chi connectivity index (χ4v) is 2.55. The van der Waals surface area contributed by atoms with Crippen LogP contribution in [0.1, 0.15) is 22.8 Å². The monoisotopic (exact) mass is 291 g/mol. The van der Waals surface area contributed by atoms with Crippen molar-refractivity contribution in [2.75, 3.05) is 40.3 Å². The summed E-state index contributed by atoms with van der Waals surface area (Å²) < 4.78 is 5.23. The van der Waals surface area contributed by atoms with E-state index in [4.69, 9.17) is 4.74 Å². The number of Topliss-reactive ketones (excluding diaryl/α,β-unsaturated/α-hetero) is 1. The predicted molar refractivity (Wildman–Crippen MR) is 83.7 cm³/mol. The average molecular weight is 291 g/mol. The number of carbonyl (C=O) groups excluding carboxylic acids is 1. The van der Waals surface area contributed by atoms with E-state index in [0.29, 0.717) is 0 Å². The minimum Gasteiger partial charge on any atom is -0.496 e. The number of hydrogen-bond donors (Lipinski definition) is 1. The van der Waals surface area contributed by atoms with Crippen molar-refractivity contribution < 1.29 is 9.53 Å². The van der Waals surface area contributed by atoms with Gasteiger partial charge in [-0.05, 0) is 44.7 Å². The molecule has 0 amide bonds. The lowest BCUT2D eigenvalue weighted by Gasteiger charge is -2.34. The van der Waals surface area contributed by atoms with Gasteiger partial charge in [-0.3, -0.25) is 4.79 Å². The second-order valence-corrected chi connectivity index (χ2v) is 5.69. The smallest absolute Gasteiger partial charge is 0.180 e. The molecule has 0 spiro atoms. The lowest BCUT2D eigenvalue weighted by molar-refractivity contribution is 0.0718. The Morgan fingerprint density at radius 3 is 2.52 bits per heavy atom. The van der Waals surface area contributed by atoms with Gasteiger partial charge in [-0.1, -0.05) is 0 Å². The number of nitrogens with one attached hydrogen (secondary N) is 1. The summed E-state index contributed by atoms with van der Waals surface area (Å²) in [5.74, 6) is 0.922. The first-order valence-corrected chi connectivity index (χ1v) is 7.39. The van der Waals surface area contributed by atoms with Crippen molar-refractivity contribution in [2.45, 2.75) is 19.9 Å². The van der Waals surface area contributed by atoms with Crippen LogP contribution >= 0.6 is 0 Å². The highest BCUT2D eigenvalue weighted by Gasteiger charge is 2.20. The zero-order chi connectivity index (χ0) is 15.4. The minimum absolute atomic E-state index is 0.111. The number of benzene rings is 1. The van der Waals surface area contributed by atoms with Gasteiger partial charge in [-0.25, -0.2) is 10.4 Å². The third-order valence-corrected chi connectivity index (χ3v) is 3.95. The van der Waals surface area contributed by atoms with Crippen LogP contribution in [-0.4, -0.2) is 62.1 Å². The molecule has 116 valence electrons. The first-order valence-electron chi connectivity index (χ1n) is 7.39. The molecule has 1 saturated heterocycles. The topological polar surface area (TPSA) is 44.8 Å². The van der Waals surface area contributed by atoms with E-state index in [1.54, 1.807) is 7.11 Å². The number of likely N-dealkylation sites (N-methyl/N-ethyl adjacent to an activating group) is 1. The summed E-state index contributed by atoms with van der Waals surface area (Å²) in [5, 5.41) is 2.14. The molecule has 1 fully saturated rings. The molecule has 1 N–H and O–H groups in total. The lowest BCUT2D eigenvalue weighted by Crippen LogP contribution is -2.54. The van der Waals surface area contributed by atoms with Gasteiger partial charge in [0.05, 0.1) is 13.2 Å². The minimum atomic E-state index is -0.221. The molecular weight excluding hydrogens is 266 g/mol. The molecule has 1 aromatic rings. The van der Waals surface area contributed by atoms with Gasteiger partial charge < -0.3 is 9.64 Å². The molecule has 0 aromatic heterocycles. The van der Waals surface area contributed by atoms with E-state index in [2.05, 4.69) is 22.4 Å². The molecule has 1 aromatic carbocycles.